The number of aryl methyl sites for hydroxylation is 1. The van der Waals surface area contributed by atoms with Gasteiger partial charge in [0.1, 0.15) is 5.75 Å². The SMILES string of the molecule is Cc1ccccc1C(=O)NC1CCN(C(=O)CCOc2ccccc2)CC1. The molecule has 0 atom stereocenters. The molecule has 5 nitrogen and oxygen atoms in total. The highest BCUT2D eigenvalue weighted by Gasteiger charge is 2.24. The fraction of sp³-hybridized carbons (Fsp3) is 0.364. The van der Waals surface area contributed by atoms with Crippen molar-refractivity contribution in [2.24, 2.45) is 0 Å². The summed E-state index contributed by atoms with van der Waals surface area (Å²) >= 11 is 0. The van der Waals surface area contributed by atoms with Gasteiger partial charge in [-0.05, 0) is 43.5 Å². The number of likely N-dealkylation sites (tertiary alicyclic amines) is 1. The van der Waals surface area contributed by atoms with E-state index in [0.717, 1.165) is 24.2 Å². The van der Waals surface area contributed by atoms with Gasteiger partial charge in [-0.3, -0.25) is 9.59 Å². The normalized spacial score (nSPS) is 14.6. The number of rotatable bonds is 6. The quantitative estimate of drug-likeness (QED) is 0.854. The third kappa shape index (κ3) is 5.33. The van der Waals surface area contributed by atoms with E-state index in [1.165, 1.54) is 0 Å². The molecule has 0 bridgehead atoms. The summed E-state index contributed by atoms with van der Waals surface area (Å²) in [6, 6.07) is 17.2. The van der Waals surface area contributed by atoms with Crippen molar-refractivity contribution in [2.75, 3.05) is 19.7 Å². The molecule has 3 rings (SSSR count). The number of ether oxygens (including phenoxy) is 1. The van der Waals surface area contributed by atoms with Crippen LogP contribution in [0.15, 0.2) is 54.6 Å². The van der Waals surface area contributed by atoms with E-state index in [2.05, 4.69) is 5.32 Å². The molecular formula is C22H26N2O3. The molecule has 1 saturated heterocycles. The fourth-order valence-corrected chi connectivity index (χ4v) is 3.30. The molecule has 2 aromatic rings. The third-order valence-electron chi connectivity index (χ3n) is 4.90. The van der Waals surface area contributed by atoms with Crippen molar-refractivity contribution in [3.63, 3.8) is 0 Å². The number of piperidine rings is 1. The molecule has 1 aliphatic rings. The first-order valence-electron chi connectivity index (χ1n) is 9.45. The smallest absolute Gasteiger partial charge is 0.251 e. The molecule has 2 aromatic carbocycles. The maximum absolute atomic E-state index is 12.4. The van der Waals surface area contributed by atoms with Crippen molar-refractivity contribution in [1.82, 2.24) is 10.2 Å². The molecule has 1 fully saturated rings. The number of para-hydroxylation sites is 1. The molecule has 1 N–H and O–H groups in total. The van der Waals surface area contributed by atoms with Crippen molar-refractivity contribution in [1.29, 1.82) is 0 Å². The van der Waals surface area contributed by atoms with Gasteiger partial charge in [-0.25, -0.2) is 0 Å². The molecule has 1 heterocycles. The van der Waals surface area contributed by atoms with Crippen LogP contribution in [0.4, 0.5) is 0 Å². The Morgan fingerprint density at radius 1 is 1.04 bits per heavy atom. The number of nitrogens with one attached hydrogen (secondary N) is 1. The van der Waals surface area contributed by atoms with Crippen LogP contribution in [-0.2, 0) is 4.79 Å². The first-order valence-corrected chi connectivity index (χ1v) is 9.45. The van der Waals surface area contributed by atoms with Crippen LogP contribution in [-0.4, -0.2) is 42.5 Å². The Labute approximate surface area is 160 Å². The zero-order valence-corrected chi connectivity index (χ0v) is 15.7. The molecule has 0 radical (unpaired) electrons. The van der Waals surface area contributed by atoms with E-state index in [1.54, 1.807) is 0 Å². The number of nitrogens with zero attached hydrogens (tertiary/aromatic N) is 1. The van der Waals surface area contributed by atoms with E-state index in [-0.39, 0.29) is 17.9 Å². The second-order valence-electron chi connectivity index (χ2n) is 6.85. The van der Waals surface area contributed by atoms with Crippen LogP contribution in [0.25, 0.3) is 0 Å². The minimum Gasteiger partial charge on any atom is -0.493 e. The number of amides is 2. The van der Waals surface area contributed by atoms with Crippen LogP contribution in [0, 0.1) is 6.92 Å². The Bertz CT molecular complexity index is 768. The average molecular weight is 366 g/mol. The van der Waals surface area contributed by atoms with Gasteiger partial charge in [0.05, 0.1) is 13.0 Å². The number of hydrogen-bond donors (Lipinski definition) is 1. The Balaban J connectivity index is 1.40. The lowest BCUT2D eigenvalue weighted by atomic mass is 10.0. The summed E-state index contributed by atoms with van der Waals surface area (Å²) < 4.78 is 5.60. The van der Waals surface area contributed by atoms with Crippen LogP contribution in [0.2, 0.25) is 0 Å². The lowest BCUT2D eigenvalue weighted by molar-refractivity contribution is -0.132. The van der Waals surface area contributed by atoms with E-state index in [9.17, 15) is 9.59 Å². The van der Waals surface area contributed by atoms with E-state index in [4.69, 9.17) is 4.74 Å². The van der Waals surface area contributed by atoms with Gasteiger partial charge in [0.2, 0.25) is 5.91 Å². The minimum absolute atomic E-state index is 0.0332. The van der Waals surface area contributed by atoms with Gasteiger partial charge in [0.25, 0.3) is 5.91 Å². The van der Waals surface area contributed by atoms with E-state index in [0.29, 0.717) is 31.7 Å². The van der Waals surface area contributed by atoms with Crippen molar-refractivity contribution < 1.29 is 14.3 Å². The molecule has 0 aromatic heterocycles. The van der Waals surface area contributed by atoms with E-state index < -0.39 is 0 Å². The monoisotopic (exact) mass is 366 g/mol. The first-order chi connectivity index (χ1) is 13.1. The summed E-state index contributed by atoms with van der Waals surface area (Å²) in [5, 5.41) is 3.10. The van der Waals surface area contributed by atoms with Crippen LogP contribution >= 0.6 is 0 Å². The average Bonchev–Trinajstić information content (AvgIpc) is 2.69. The van der Waals surface area contributed by atoms with Gasteiger partial charge in [0, 0.05) is 24.7 Å². The first kappa shape index (κ1) is 19.0. The summed E-state index contributed by atoms with van der Waals surface area (Å²) in [5.41, 5.74) is 1.69. The minimum atomic E-state index is -0.0332. The summed E-state index contributed by atoms with van der Waals surface area (Å²) in [5.74, 6) is 0.853. The van der Waals surface area contributed by atoms with Gasteiger partial charge in [-0.15, -0.1) is 0 Å². The van der Waals surface area contributed by atoms with E-state index >= 15 is 0 Å². The molecule has 2 amide bonds. The fourth-order valence-electron chi connectivity index (χ4n) is 3.30. The van der Waals surface area contributed by atoms with Crippen molar-refractivity contribution in [2.45, 2.75) is 32.2 Å². The van der Waals surface area contributed by atoms with Crippen LogP contribution < -0.4 is 10.1 Å². The molecule has 27 heavy (non-hydrogen) atoms. The van der Waals surface area contributed by atoms with Gasteiger partial charge in [0.15, 0.2) is 0 Å². The molecule has 0 aliphatic carbocycles. The molecule has 142 valence electrons. The number of carbonyl (C=O) groups excluding carboxylic acids is 2. The van der Waals surface area contributed by atoms with Crippen molar-refractivity contribution >= 4 is 11.8 Å². The second-order valence-corrected chi connectivity index (χ2v) is 6.85. The number of hydrogen-bond acceptors (Lipinski definition) is 3. The maximum atomic E-state index is 12.4. The number of carbonyl (C=O) groups is 2. The van der Waals surface area contributed by atoms with Gasteiger partial charge < -0.3 is 15.0 Å². The summed E-state index contributed by atoms with van der Waals surface area (Å²) in [6.07, 6.45) is 1.93. The maximum Gasteiger partial charge on any atom is 0.251 e. The Kier molecular flexibility index (Phi) is 6.47. The molecule has 0 spiro atoms. The highest BCUT2D eigenvalue weighted by atomic mass is 16.5. The van der Waals surface area contributed by atoms with Crippen LogP contribution in [0.5, 0.6) is 5.75 Å². The Morgan fingerprint density at radius 2 is 1.70 bits per heavy atom. The number of benzene rings is 2. The van der Waals surface area contributed by atoms with Crippen molar-refractivity contribution in [3.05, 3.63) is 65.7 Å². The van der Waals surface area contributed by atoms with Gasteiger partial charge in [-0.2, -0.15) is 0 Å². The Morgan fingerprint density at radius 3 is 2.41 bits per heavy atom. The third-order valence-corrected chi connectivity index (χ3v) is 4.90. The molecule has 1 aliphatic heterocycles. The van der Waals surface area contributed by atoms with Crippen LogP contribution in [0.1, 0.15) is 35.2 Å². The highest BCUT2D eigenvalue weighted by Crippen LogP contribution is 2.14. The summed E-state index contributed by atoms with van der Waals surface area (Å²) in [6.45, 7) is 3.66. The summed E-state index contributed by atoms with van der Waals surface area (Å²) in [4.78, 5) is 26.6. The van der Waals surface area contributed by atoms with Crippen molar-refractivity contribution in [3.8, 4) is 5.75 Å². The predicted octanol–water partition coefficient (Wildman–Crippen LogP) is 3.18. The molecule has 5 heteroatoms. The lowest BCUT2D eigenvalue weighted by Crippen LogP contribution is -2.46. The highest BCUT2D eigenvalue weighted by molar-refractivity contribution is 5.95. The van der Waals surface area contributed by atoms with Gasteiger partial charge in [-0.1, -0.05) is 36.4 Å². The summed E-state index contributed by atoms with van der Waals surface area (Å²) in [7, 11) is 0. The standard InChI is InChI=1S/C22H26N2O3/c1-17-7-5-6-10-20(17)22(26)23-18-11-14-24(15-12-18)21(25)13-16-27-19-8-3-2-4-9-19/h2-10,18H,11-16H2,1H3,(H,23,26). The topological polar surface area (TPSA) is 58.6 Å². The van der Waals surface area contributed by atoms with Crippen LogP contribution in [0.3, 0.4) is 0 Å². The van der Waals surface area contributed by atoms with Gasteiger partial charge >= 0.3 is 0 Å². The molecular weight excluding hydrogens is 340 g/mol. The van der Waals surface area contributed by atoms with E-state index in [1.807, 2.05) is 66.4 Å². The zero-order valence-electron chi connectivity index (χ0n) is 15.7. The molecule has 0 saturated carbocycles. The Hall–Kier alpha value is -2.82. The predicted molar refractivity (Wildman–Crippen MR) is 105 cm³/mol. The zero-order chi connectivity index (χ0) is 19.1. The lowest BCUT2D eigenvalue weighted by Gasteiger charge is -2.32. The molecule has 0 unspecified atom stereocenters. The second kappa shape index (κ2) is 9.21. The largest absolute Gasteiger partial charge is 0.493 e.